The van der Waals surface area contributed by atoms with Crippen LogP contribution in [0.2, 0.25) is 0 Å². The zero-order valence-electron chi connectivity index (χ0n) is 12.4. The van der Waals surface area contributed by atoms with Gasteiger partial charge in [0.05, 0.1) is 13.3 Å². The van der Waals surface area contributed by atoms with Gasteiger partial charge in [-0.3, -0.25) is 4.90 Å². The highest BCUT2D eigenvalue weighted by Gasteiger charge is 2.21. The molecular formula is C15H25N3O. The van der Waals surface area contributed by atoms with Crippen LogP contribution in [0.3, 0.4) is 0 Å². The molecule has 1 fully saturated rings. The first-order chi connectivity index (χ1) is 9.17. The monoisotopic (exact) mass is 263 g/mol. The third-order valence-corrected chi connectivity index (χ3v) is 3.79. The summed E-state index contributed by atoms with van der Waals surface area (Å²) in [7, 11) is 3.77. The van der Waals surface area contributed by atoms with E-state index in [4.69, 9.17) is 4.74 Å². The Kier molecular flexibility index (Phi) is 4.80. The Hall–Kier alpha value is -1.10. The average molecular weight is 263 g/mol. The third kappa shape index (κ3) is 3.08. The Morgan fingerprint density at radius 3 is 2.26 bits per heavy atom. The summed E-state index contributed by atoms with van der Waals surface area (Å²) in [5.41, 5.74) is 3.72. The number of nitrogens with one attached hydrogen (secondary N) is 2. The lowest BCUT2D eigenvalue weighted by Crippen LogP contribution is -2.48. The molecule has 19 heavy (non-hydrogen) atoms. The van der Waals surface area contributed by atoms with E-state index < -0.39 is 0 Å². The SMILES string of the molecule is CNC(c1cc(C)c(OC)c(C)c1)N1CCNCC1. The van der Waals surface area contributed by atoms with Gasteiger partial charge in [-0.2, -0.15) is 0 Å². The molecule has 1 aromatic carbocycles. The van der Waals surface area contributed by atoms with Gasteiger partial charge in [-0.25, -0.2) is 0 Å². The van der Waals surface area contributed by atoms with Gasteiger partial charge >= 0.3 is 0 Å². The largest absolute Gasteiger partial charge is 0.496 e. The predicted molar refractivity (Wildman–Crippen MR) is 78.7 cm³/mol. The van der Waals surface area contributed by atoms with Crippen LogP contribution in [-0.4, -0.2) is 45.2 Å². The average Bonchev–Trinajstić information content (AvgIpc) is 2.40. The van der Waals surface area contributed by atoms with Crippen LogP contribution in [0.25, 0.3) is 0 Å². The van der Waals surface area contributed by atoms with Crippen LogP contribution in [0, 0.1) is 13.8 Å². The van der Waals surface area contributed by atoms with E-state index >= 15 is 0 Å². The molecule has 1 aliphatic rings. The van der Waals surface area contributed by atoms with Gasteiger partial charge in [0, 0.05) is 26.2 Å². The Bertz CT molecular complexity index is 404. The van der Waals surface area contributed by atoms with Crippen molar-refractivity contribution in [2.45, 2.75) is 20.0 Å². The van der Waals surface area contributed by atoms with E-state index in [2.05, 4.69) is 41.5 Å². The van der Waals surface area contributed by atoms with E-state index in [1.807, 2.05) is 7.05 Å². The molecule has 1 aromatic rings. The summed E-state index contributed by atoms with van der Waals surface area (Å²) in [5.74, 6) is 0.999. The Balaban J connectivity index is 2.27. The first kappa shape index (κ1) is 14.3. The molecule has 4 nitrogen and oxygen atoms in total. The quantitative estimate of drug-likeness (QED) is 0.862. The molecule has 2 N–H and O–H groups in total. The topological polar surface area (TPSA) is 36.5 Å². The predicted octanol–water partition coefficient (Wildman–Crippen LogP) is 1.44. The molecule has 1 unspecified atom stereocenters. The number of hydrogen-bond donors (Lipinski definition) is 2. The number of hydrogen-bond acceptors (Lipinski definition) is 4. The summed E-state index contributed by atoms with van der Waals surface area (Å²) in [6, 6.07) is 4.46. The Morgan fingerprint density at radius 2 is 1.79 bits per heavy atom. The second kappa shape index (κ2) is 6.37. The highest BCUT2D eigenvalue weighted by atomic mass is 16.5. The lowest BCUT2D eigenvalue weighted by atomic mass is 10.0. The van der Waals surface area contributed by atoms with Crippen molar-refractivity contribution in [2.75, 3.05) is 40.3 Å². The normalized spacial score (nSPS) is 18.3. The van der Waals surface area contributed by atoms with Crippen LogP contribution in [0.1, 0.15) is 22.9 Å². The van der Waals surface area contributed by atoms with Crippen LogP contribution in [0.4, 0.5) is 0 Å². The molecule has 0 radical (unpaired) electrons. The number of methoxy groups -OCH3 is 1. The zero-order valence-corrected chi connectivity index (χ0v) is 12.4. The van der Waals surface area contributed by atoms with Gasteiger partial charge in [0.2, 0.25) is 0 Å². The van der Waals surface area contributed by atoms with E-state index in [-0.39, 0.29) is 6.17 Å². The third-order valence-electron chi connectivity index (χ3n) is 3.79. The molecule has 0 aromatic heterocycles. The van der Waals surface area contributed by atoms with Crippen molar-refractivity contribution in [2.24, 2.45) is 0 Å². The van der Waals surface area contributed by atoms with Gasteiger partial charge in [0.15, 0.2) is 0 Å². The molecule has 2 rings (SSSR count). The van der Waals surface area contributed by atoms with Crippen LogP contribution in [0.5, 0.6) is 5.75 Å². The maximum Gasteiger partial charge on any atom is 0.124 e. The lowest BCUT2D eigenvalue weighted by Gasteiger charge is -2.35. The molecule has 1 saturated heterocycles. The van der Waals surface area contributed by atoms with E-state index in [1.165, 1.54) is 16.7 Å². The Labute approximate surface area is 116 Å². The second-order valence-electron chi connectivity index (χ2n) is 5.17. The molecule has 0 saturated carbocycles. The van der Waals surface area contributed by atoms with Crippen molar-refractivity contribution in [3.05, 3.63) is 28.8 Å². The fourth-order valence-electron chi connectivity index (χ4n) is 2.96. The van der Waals surface area contributed by atoms with Crippen molar-refractivity contribution in [3.8, 4) is 5.75 Å². The van der Waals surface area contributed by atoms with E-state index in [1.54, 1.807) is 7.11 Å². The van der Waals surface area contributed by atoms with Gasteiger partial charge < -0.3 is 15.4 Å². The first-order valence-electron chi connectivity index (χ1n) is 6.94. The van der Waals surface area contributed by atoms with E-state index in [9.17, 15) is 0 Å². The minimum atomic E-state index is 0.283. The summed E-state index contributed by atoms with van der Waals surface area (Å²) in [6.07, 6.45) is 0.283. The zero-order chi connectivity index (χ0) is 13.8. The van der Waals surface area contributed by atoms with Crippen LogP contribution < -0.4 is 15.4 Å². The summed E-state index contributed by atoms with van der Waals surface area (Å²) in [5, 5.41) is 6.83. The van der Waals surface area contributed by atoms with E-state index in [0.717, 1.165) is 31.9 Å². The molecule has 0 spiro atoms. The number of piperazine rings is 1. The molecule has 0 bridgehead atoms. The standard InChI is InChI=1S/C15H25N3O/c1-11-9-13(10-12(2)14(11)19-4)15(16-3)18-7-5-17-6-8-18/h9-10,15-17H,5-8H2,1-4H3. The lowest BCUT2D eigenvalue weighted by molar-refractivity contribution is 0.153. The smallest absolute Gasteiger partial charge is 0.124 e. The van der Waals surface area contributed by atoms with Gasteiger partial charge in [0.25, 0.3) is 0 Å². The first-order valence-corrected chi connectivity index (χ1v) is 6.94. The minimum absolute atomic E-state index is 0.283. The number of aryl methyl sites for hydroxylation is 2. The van der Waals surface area contributed by atoms with Crippen LogP contribution >= 0.6 is 0 Å². The maximum absolute atomic E-state index is 5.45. The molecular weight excluding hydrogens is 238 g/mol. The molecule has 4 heteroatoms. The number of rotatable bonds is 4. The Morgan fingerprint density at radius 1 is 1.21 bits per heavy atom. The van der Waals surface area contributed by atoms with Crippen molar-refractivity contribution in [3.63, 3.8) is 0 Å². The molecule has 0 aliphatic carbocycles. The van der Waals surface area contributed by atoms with Crippen molar-refractivity contribution < 1.29 is 4.74 Å². The van der Waals surface area contributed by atoms with Gasteiger partial charge in [-0.05, 0) is 49.7 Å². The fourth-order valence-corrected chi connectivity index (χ4v) is 2.96. The van der Waals surface area contributed by atoms with Crippen molar-refractivity contribution >= 4 is 0 Å². The molecule has 0 amide bonds. The van der Waals surface area contributed by atoms with E-state index in [0.29, 0.717) is 0 Å². The summed E-state index contributed by atoms with van der Waals surface area (Å²) in [4.78, 5) is 2.48. The van der Waals surface area contributed by atoms with Gasteiger partial charge in [-0.15, -0.1) is 0 Å². The van der Waals surface area contributed by atoms with Gasteiger partial charge in [-0.1, -0.05) is 0 Å². The molecule has 1 atom stereocenters. The maximum atomic E-state index is 5.45. The molecule has 1 heterocycles. The highest BCUT2D eigenvalue weighted by molar-refractivity contribution is 5.44. The fraction of sp³-hybridized carbons (Fsp3) is 0.600. The van der Waals surface area contributed by atoms with Crippen molar-refractivity contribution in [1.82, 2.24) is 15.5 Å². The number of ether oxygens (including phenoxy) is 1. The minimum Gasteiger partial charge on any atom is -0.496 e. The van der Waals surface area contributed by atoms with Crippen LogP contribution in [-0.2, 0) is 0 Å². The molecule has 106 valence electrons. The second-order valence-corrected chi connectivity index (χ2v) is 5.17. The summed E-state index contributed by atoms with van der Waals surface area (Å²) < 4.78 is 5.45. The molecule has 1 aliphatic heterocycles. The summed E-state index contributed by atoms with van der Waals surface area (Å²) >= 11 is 0. The number of benzene rings is 1. The van der Waals surface area contributed by atoms with Crippen molar-refractivity contribution in [1.29, 1.82) is 0 Å². The highest BCUT2D eigenvalue weighted by Crippen LogP contribution is 2.28. The van der Waals surface area contributed by atoms with Crippen LogP contribution in [0.15, 0.2) is 12.1 Å². The number of nitrogens with zero attached hydrogens (tertiary/aromatic N) is 1. The summed E-state index contributed by atoms with van der Waals surface area (Å²) in [6.45, 7) is 8.50. The van der Waals surface area contributed by atoms with Gasteiger partial charge in [0.1, 0.15) is 5.75 Å².